The quantitative estimate of drug-likeness (QED) is 0.846. The van der Waals surface area contributed by atoms with E-state index in [-0.39, 0.29) is 24.6 Å². The molecule has 1 aromatic carbocycles. The second kappa shape index (κ2) is 7.57. The van der Waals surface area contributed by atoms with E-state index in [4.69, 9.17) is 10.5 Å². The summed E-state index contributed by atoms with van der Waals surface area (Å²) >= 11 is 0. The first-order valence-electron chi connectivity index (χ1n) is 7.82. The number of carbonyl (C=O) groups is 1. The van der Waals surface area contributed by atoms with Crippen LogP contribution in [-0.4, -0.2) is 19.6 Å². The summed E-state index contributed by atoms with van der Waals surface area (Å²) < 4.78 is 4.89. The first-order chi connectivity index (χ1) is 10.2. The minimum atomic E-state index is -0.0568. The van der Waals surface area contributed by atoms with Gasteiger partial charge in [-0.15, -0.1) is 0 Å². The van der Waals surface area contributed by atoms with Crippen molar-refractivity contribution in [2.45, 2.75) is 51.1 Å². The largest absolute Gasteiger partial charge is 0.375 e. The maximum absolute atomic E-state index is 11.8. The number of aryl methyl sites for hydroxylation is 1. The molecule has 1 aromatic rings. The van der Waals surface area contributed by atoms with Crippen LogP contribution in [0.4, 0.5) is 0 Å². The summed E-state index contributed by atoms with van der Waals surface area (Å²) in [4.78, 5) is 11.8. The molecule has 0 aliphatic heterocycles. The molecule has 0 saturated carbocycles. The normalized spacial score (nSPS) is 18.9. The van der Waals surface area contributed by atoms with Gasteiger partial charge in [0.25, 0.3) is 0 Å². The molecular weight excluding hydrogens is 264 g/mol. The van der Waals surface area contributed by atoms with Crippen LogP contribution < -0.4 is 11.1 Å². The fraction of sp³-hybridized carbons (Fsp3) is 0.588. The molecule has 0 heterocycles. The summed E-state index contributed by atoms with van der Waals surface area (Å²) in [7, 11) is 1.54. The Labute approximate surface area is 127 Å². The number of amides is 1. The summed E-state index contributed by atoms with van der Waals surface area (Å²) in [5.74, 6) is -0.0568. The van der Waals surface area contributed by atoms with E-state index < -0.39 is 0 Å². The highest BCUT2D eigenvalue weighted by Gasteiger charge is 2.22. The number of carbonyl (C=O) groups excluding carboxylic acids is 1. The highest BCUT2D eigenvalue weighted by Crippen LogP contribution is 2.32. The fourth-order valence-corrected chi connectivity index (χ4v) is 3.04. The number of fused-ring (bicyclic) bond motifs is 1. The van der Waals surface area contributed by atoms with E-state index in [9.17, 15) is 4.79 Å². The Morgan fingerprint density at radius 1 is 1.52 bits per heavy atom. The maximum Gasteiger partial charge on any atom is 0.246 e. The molecule has 1 aliphatic rings. The van der Waals surface area contributed by atoms with Crippen LogP contribution in [0.5, 0.6) is 0 Å². The zero-order chi connectivity index (χ0) is 15.2. The van der Waals surface area contributed by atoms with Crippen LogP contribution in [0.1, 0.15) is 61.4 Å². The molecule has 21 heavy (non-hydrogen) atoms. The average Bonchev–Trinajstić information content (AvgIpc) is 2.47. The SMILES string of the molecule is CCCC(N)c1ccc2c(c1)C(NC(=O)COC)CCC2. The van der Waals surface area contributed by atoms with Crippen LogP contribution in [0, 0.1) is 0 Å². The molecule has 4 nitrogen and oxygen atoms in total. The van der Waals surface area contributed by atoms with Crippen LogP contribution in [0.15, 0.2) is 18.2 Å². The van der Waals surface area contributed by atoms with Crippen molar-refractivity contribution in [3.05, 3.63) is 34.9 Å². The second-order valence-corrected chi connectivity index (χ2v) is 5.80. The molecule has 0 bridgehead atoms. The van der Waals surface area contributed by atoms with Crippen molar-refractivity contribution in [3.63, 3.8) is 0 Å². The first-order valence-corrected chi connectivity index (χ1v) is 7.82. The third-order valence-corrected chi connectivity index (χ3v) is 4.12. The number of nitrogens with one attached hydrogen (secondary N) is 1. The highest BCUT2D eigenvalue weighted by atomic mass is 16.5. The van der Waals surface area contributed by atoms with Crippen molar-refractivity contribution in [2.24, 2.45) is 5.73 Å². The standard InChI is InChI=1S/C17H26N2O2/c1-3-5-15(18)13-9-8-12-6-4-7-16(14(12)10-13)19-17(20)11-21-2/h8-10,15-16H,3-7,11,18H2,1-2H3,(H,19,20). The van der Waals surface area contributed by atoms with E-state index >= 15 is 0 Å². The lowest BCUT2D eigenvalue weighted by Crippen LogP contribution is -2.33. The number of ether oxygens (including phenoxy) is 1. The Balaban J connectivity index is 2.19. The molecule has 116 valence electrons. The third kappa shape index (κ3) is 4.05. The number of rotatable bonds is 6. The molecule has 4 heteroatoms. The van der Waals surface area contributed by atoms with Crippen molar-refractivity contribution in [2.75, 3.05) is 13.7 Å². The Kier molecular flexibility index (Phi) is 5.76. The Morgan fingerprint density at radius 3 is 3.05 bits per heavy atom. The van der Waals surface area contributed by atoms with E-state index in [0.717, 1.165) is 32.1 Å². The molecule has 0 spiro atoms. The molecule has 0 radical (unpaired) electrons. The molecule has 3 N–H and O–H groups in total. The number of benzene rings is 1. The molecule has 0 fully saturated rings. The van der Waals surface area contributed by atoms with Gasteiger partial charge < -0.3 is 15.8 Å². The minimum Gasteiger partial charge on any atom is -0.375 e. The predicted molar refractivity (Wildman–Crippen MR) is 84.0 cm³/mol. The number of methoxy groups -OCH3 is 1. The van der Waals surface area contributed by atoms with Crippen molar-refractivity contribution >= 4 is 5.91 Å². The smallest absolute Gasteiger partial charge is 0.246 e. The van der Waals surface area contributed by atoms with Crippen LogP contribution in [-0.2, 0) is 16.0 Å². The van der Waals surface area contributed by atoms with Gasteiger partial charge in [-0.2, -0.15) is 0 Å². The van der Waals surface area contributed by atoms with Crippen molar-refractivity contribution in [3.8, 4) is 0 Å². The lowest BCUT2D eigenvalue weighted by molar-refractivity contribution is -0.125. The summed E-state index contributed by atoms with van der Waals surface area (Å²) in [5.41, 5.74) is 9.96. The van der Waals surface area contributed by atoms with Crippen LogP contribution in [0.2, 0.25) is 0 Å². The van der Waals surface area contributed by atoms with Gasteiger partial charge in [0.15, 0.2) is 0 Å². The molecule has 2 rings (SSSR count). The van der Waals surface area contributed by atoms with Gasteiger partial charge in [0, 0.05) is 13.2 Å². The van der Waals surface area contributed by atoms with Crippen LogP contribution in [0.3, 0.4) is 0 Å². The zero-order valence-corrected chi connectivity index (χ0v) is 13.0. The third-order valence-electron chi connectivity index (χ3n) is 4.12. The number of nitrogens with two attached hydrogens (primary N) is 1. The van der Waals surface area contributed by atoms with Gasteiger partial charge in [0.2, 0.25) is 5.91 Å². The zero-order valence-electron chi connectivity index (χ0n) is 13.0. The van der Waals surface area contributed by atoms with E-state index in [2.05, 4.69) is 30.4 Å². The van der Waals surface area contributed by atoms with Gasteiger partial charge in [-0.1, -0.05) is 31.5 Å². The second-order valence-electron chi connectivity index (χ2n) is 5.80. The van der Waals surface area contributed by atoms with Crippen molar-refractivity contribution in [1.29, 1.82) is 0 Å². The molecule has 1 aliphatic carbocycles. The maximum atomic E-state index is 11.8. The topological polar surface area (TPSA) is 64.3 Å². The lowest BCUT2D eigenvalue weighted by atomic mass is 9.85. The van der Waals surface area contributed by atoms with Gasteiger partial charge in [-0.3, -0.25) is 4.79 Å². The van der Waals surface area contributed by atoms with Gasteiger partial charge in [0.1, 0.15) is 6.61 Å². The molecule has 2 atom stereocenters. The van der Waals surface area contributed by atoms with Gasteiger partial charge in [-0.05, 0) is 42.4 Å². The van der Waals surface area contributed by atoms with Gasteiger partial charge in [0.05, 0.1) is 6.04 Å². The van der Waals surface area contributed by atoms with Gasteiger partial charge in [-0.25, -0.2) is 0 Å². The summed E-state index contributed by atoms with van der Waals surface area (Å²) in [6.45, 7) is 2.26. The van der Waals surface area contributed by atoms with Crippen LogP contribution >= 0.6 is 0 Å². The molecule has 1 amide bonds. The predicted octanol–water partition coefficient (Wildman–Crippen LogP) is 2.63. The molecule has 2 unspecified atom stereocenters. The summed E-state index contributed by atoms with van der Waals surface area (Å²) in [6.07, 6.45) is 5.22. The van der Waals surface area contributed by atoms with E-state index in [1.807, 2.05) is 0 Å². The van der Waals surface area contributed by atoms with E-state index in [1.54, 1.807) is 0 Å². The van der Waals surface area contributed by atoms with Crippen LogP contribution in [0.25, 0.3) is 0 Å². The monoisotopic (exact) mass is 290 g/mol. The molecule has 0 saturated heterocycles. The van der Waals surface area contributed by atoms with E-state index in [0.29, 0.717) is 0 Å². The van der Waals surface area contributed by atoms with E-state index in [1.165, 1.54) is 23.8 Å². The lowest BCUT2D eigenvalue weighted by Gasteiger charge is -2.27. The Bertz CT molecular complexity index is 488. The minimum absolute atomic E-state index is 0.0568. The summed E-state index contributed by atoms with van der Waals surface area (Å²) in [6, 6.07) is 6.67. The summed E-state index contributed by atoms with van der Waals surface area (Å²) in [5, 5.41) is 3.07. The molecule has 0 aromatic heterocycles. The highest BCUT2D eigenvalue weighted by molar-refractivity contribution is 5.77. The fourth-order valence-electron chi connectivity index (χ4n) is 3.04. The number of hydrogen-bond donors (Lipinski definition) is 2. The van der Waals surface area contributed by atoms with Crippen molar-refractivity contribution in [1.82, 2.24) is 5.32 Å². The molecular formula is C17H26N2O2. The average molecular weight is 290 g/mol. The first kappa shape index (κ1) is 16.0. The van der Waals surface area contributed by atoms with Crippen molar-refractivity contribution < 1.29 is 9.53 Å². The Hall–Kier alpha value is -1.39. The number of hydrogen-bond acceptors (Lipinski definition) is 3. The Morgan fingerprint density at radius 2 is 2.33 bits per heavy atom. The van der Waals surface area contributed by atoms with Gasteiger partial charge >= 0.3 is 0 Å².